The van der Waals surface area contributed by atoms with Gasteiger partial charge < -0.3 is 5.32 Å². The Balaban J connectivity index is 2.01. The molecule has 0 spiro atoms. The van der Waals surface area contributed by atoms with E-state index in [4.69, 9.17) is 11.6 Å². The van der Waals surface area contributed by atoms with Crippen molar-refractivity contribution in [2.45, 2.75) is 13.3 Å². The average molecular weight is 314 g/mol. The van der Waals surface area contributed by atoms with Crippen molar-refractivity contribution in [3.8, 4) is 0 Å². The molecule has 0 unspecified atom stereocenters. The first kappa shape index (κ1) is 14.4. The zero-order valence-electron chi connectivity index (χ0n) is 11.8. The van der Waals surface area contributed by atoms with E-state index in [1.54, 1.807) is 0 Å². The molecule has 6 heteroatoms. The maximum Gasteiger partial charge on any atom is 0.213 e. The summed E-state index contributed by atoms with van der Waals surface area (Å²) in [6, 6.07) is 7.59. The Hall–Kier alpha value is -2.53. The Morgan fingerprint density at radius 2 is 1.77 bits per heavy atom. The van der Waals surface area contributed by atoms with Gasteiger partial charge in [0.1, 0.15) is 10.7 Å². The molecule has 2 aromatic rings. The molecule has 0 saturated carbocycles. The van der Waals surface area contributed by atoms with Crippen molar-refractivity contribution in [1.29, 1.82) is 0 Å². The molecule has 1 aromatic carbocycles. The molecule has 1 N–H and O–H groups in total. The number of hydrogen-bond acceptors (Lipinski definition) is 5. The predicted octanol–water partition coefficient (Wildman–Crippen LogP) is 2.98. The third kappa shape index (κ3) is 2.40. The zero-order chi connectivity index (χ0) is 15.7. The highest BCUT2D eigenvalue weighted by Crippen LogP contribution is 2.28. The van der Waals surface area contributed by atoms with Crippen molar-refractivity contribution < 1.29 is 9.59 Å². The van der Waals surface area contributed by atoms with Crippen LogP contribution in [0, 0.1) is 0 Å². The number of carbonyl (C=O) groups excluding carboxylic acids is 2. The minimum Gasteiger partial charge on any atom is -0.351 e. The molecule has 0 fully saturated rings. The largest absolute Gasteiger partial charge is 0.351 e. The lowest BCUT2D eigenvalue weighted by molar-refractivity contribution is 0.0981. The number of Topliss-reactive ketones (excluding diaryl/α,β-unsaturated/α-hetero) is 2. The second kappa shape index (κ2) is 5.69. The number of nitrogens with zero attached hydrogens (tertiary/aromatic N) is 2. The SMILES string of the molecule is CCc1cccc(NC2=C(Cl)C(=O)c3cnncc3C2=O)c1. The lowest BCUT2D eigenvalue weighted by atomic mass is 9.95. The van der Waals surface area contributed by atoms with Crippen molar-refractivity contribution in [2.24, 2.45) is 0 Å². The number of benzene rings is 1. The van der Waals surface area contributed by atoms with Crippen molar-refractivity contribution >= 4 is 28.9 Å². The summed E-state index contributed by atoms with van der Waals surface area (Å²) in [7, 11) is 0. The molecule has 0 atom stereocenters. The first-order valence-corrected chi connectivity index (χ1v) is 7.15. The molecule has 5 nitrogen and oxygen atoms in total. The minimum absolute atomic E-state index is 0.0698. The fourth-order valence-electron chi connectivity index (χ4n) is 2.27. The van der Waals surface area contributed by atoms with Crippen LogP contribution in [0.15, 0.2) is 47.4 Å². The number of halogens is 1. The molecule has 1 aliphatic rings. The second-order valence-corrected chi connectivity index (χ2v) is 5.22. The molecule has 1 aromatic heterocycles. The van der Waals surface area contributed by atoms with E-state index in [1.807, 2.05) is 31.2 Å². The van der Waals surface area contributed by atoms with Gasteiger partial charge in [0.25, 0.3) is 0 Å². The molecule has 0 radical (unpaired) electrons. The van der Waals surface area contributed by atoms with Gasteiger partial charge in [0.2, 0.25) is 11.6 Å². The van der Waals surface area contributed by atoms with Gasteiger partial charge in [-0.3, -0.25) is 9.59 Å². The number of nitrogens with one attached hydrogen (secondary N) is 1. The van der Waals surface area contributed by atoms with Crippen LogP contribution in [-0.4, -0.2) is 21.8 Å². The monoisotopic (exact) mass is 313 g/mol. The van der Waals surface area contributed by atoms with Crippen LogP contribution >= 0.6 is 11.6 Å². The van der Waals surface area contributed by atoms with Gasteiger partial charge in [-0.25, -0.2) is 0 Å². The number of carbonyl (C=O) groups is 2. The van der Waals surface area contributed by atoms with Gasteiger partial charge in [-0.05, 0) is 24.1 Å². The molecule has 110 valence electrons. The fraction of sp³-hybridized carbons (Fsp3) is 0.125. The quantitative estimate of drug-likeness (QED) is 0.943. The van der Waals surface area contributed by atoms with E-state index in [1.165, 1.54) is 12.4 Å². The van der Waals surface area contributed by atoms with Gasteiger partial charge in [-0.2, -0.15) is 10.2 Å². The summed E-state index contributed by atoms with van der Waals surface area (Å²) in [6.07, 6.45) is 3.41. The van der Waals surface area contributed by atoms with Gasteiger partial charge in [0.05, 0.1) is 23.5 Å². The Morgan fingerprint density at radius 3 is 2.45 bits per heavy atom. The molecule has 0 amide bonds. The highest BCUT2D eigenvalue weighted by Gasteiger charge is 2.32. The Kier molecular flexibility index (Phi) is 3.73. The van der Waals surface area contributed by atoms with E-state index in [0.717, 1.165) is 12.0 Å². The summed E-state index contributed by atoms with van der Waals surface area (Å²) in [5.74, 6) is -0.795. The van der Waals surface area contributed by atoms with Gasteiger partial charge in [-0.15, -0.1) is 0 Å². The van der Waals surface area contributed by atoms with E-state index < -0.39 is 5.78 Å². The highest BCUT2D eigenvalue weighted by atomic mass is 35.5. The number of hydrogen-bond donors (Lipinski definition) is 1. The van der Waals surface area contributed by atoms with Gasteiger partial charge >= 0.3 is 0 Å². The minimum atomic E-state index is -0.430. The maximum absolute atomic E-state index is 12.5. The third-order valence-electron chi connectivity index (χ3n) is 3.47. The van der Waals surface area contributed by atoms with Crippen LogP contribution in [0.3, 0.4) is 0 Å². The van der Waals surface area contributed by atoms with Crippen LogP contribution in [0.25, 0.3) is 0 Å². The molecule has 1 heterocycles. The molecule has 0 saturated heterocycles. The molecule has 0 aliphatic heterocycles. The zero-order valence-corrected chi connectivity index (χ0v) is 12.5. The number of ketones is 2. The van der Waals surface area contributed by atoms with Gasteiger partial charge in [0.15, 0.2) is 0 Å². The number of fused-ring (bicyclic) bond motifs is 1. The van der Waals surface area contributed by atoms with Crippen molar-refractivity contribution in [3.63, 3.8) is 0 Å². The lowest BCUT2D eigenvalue weighted by Crippen LogP contribution is -2.24. The van der Waals surface area contributed by atoms with Crippen LogP contribution < -0.4 is 5.32 Å². The number of anilines is 1. The number of aromatic nitrogens is 2. The van der Waals surface area contributed by atoms with Gasteiger partial charge in [0, 0.05) is 5.69 Å². The summed E-state index contributed by atoms with van der Waals surface area (Å²) in [4.78, 5) is 24.7. The van der Waals surface area contributed by atoms with Crippen molar-refractivity contribution in [3.05, 3.63) is 64.1 Å². The number of rotatable bonds is 3. The van der Waals surface area contributed by atoms with E-state index in [-0.39, 0.29) is 27.6 Å². The average Bonchev–Trinajstić information content (AvgIpc) is 2.57. The topological polar surface area (TPSA) is 72.0 Å². The van der Waals surface area contributed by atoms with Crippen LogP contribution in [0.4, 0.5) is 5.69 Å². The molecule has 22 heavy (non-hydrogen) atoms. The summed E-state index contributed by atoms with van der Waals surface area (Å²) in [5, 5.41) is 10.1. The summed E-state index contributed by atoms with van der Waals surface area (Å²) in [5.41, 5.74) is 2.28. The first-order chi connectivity index (χ1) is 10.6. The molecular weight excluding hydrogens is 302 g/mol. The van der Waals surface area contributed by atoms with Crippen molar-refractivity contribution in [1.82, 2.24) is 10.2 Å². The summed E-state index contributed by atoms with van der Waals surface area (Å²) in [6.45, 7) is 2.04. The normalized spacial score (nSPS) is 14.1. The Labute approximate surface area is 132 Å². The van der Waals surface area contributed by atoms with Crippen LogP contribution in [0.1, 0.15) is 33.2 Å². The van der Waals surface area contributed by atoms with E-state index in [2.05, 4.69) is 15.5 Å². The lowest BCUT2D eigenvalue weighted by Gasteiger charge is -2.18. The summed E-state index contributed by atoms with van der Waals surface area (Å²) < 4.78 is 0. The van der Waals surface area contributed by atoms with Crippen LogP contribution in [0.2, 0.25) is 0 Å². The van der Waals surface area contributed by atoms with Crippen LogP contribution in [0.5, 0.6) is 0 Å². The standard InChI is InChI=1S/C16H12ClN3O2/c1-2-9-4-3-5-10(6-9)20-14-13(17)15(21)11-7-18-19-8-12(11)16(14)22/h3-8,20H,2H2,1H3. The van der Waals surface area contributed by atoms with E-state index in [0.29, 0.717) is 5.69 Å². The van der Waals surface area contributed by atoms with Crippen LogP contribution in [-0.2, 0) is 6.42 Å². The van der Waals surface area contributed by atoms with Gasteiger partial charge in [-0.1, -0.05) is 30.7 Å². The molecular formula is C16H12ClN3O2. The first-order valence-electron chi connectivity index (χ1n) is 6.77. The molecule has 3 rings (SSSR count). The molecule has 1 aliphatic carbocycles. The maximum atomic E-state index is 12.5. The number of aryl methyl sites for hydroxylation is 1. The summed E-state index contributed by atoms with van der Waals surface area (Å²) >= 11 is 6.08. The smallest absolute Gasteiger partial charge is 0.213 e. The fourth-order valence-corrected chi connectivity index (χ4v) is 2.51. The molecule has 0 bridgehead atoms. The Bertz CT molecular complexity index is 815. The van der Waals surface area contributed by atoms with E-state index >= 15 is 0 Å². The second-order valence-electron chi connectivity index (χ2n) is 4.84. The third-order valence-corrected chi connectivity index (χ3v) is 3.83. The predicted molar refractivity (Wildman–Crippen MR) is 83.0 cm³/mol. The van der Waals surface area contributed by atoms with Crippen molar-refractivity contribution in [2.75, 3.05) is 5.32 Å². The van der Waals surface area contributed by atoms with E-state index in [9.17, 15) is 9.59 Å². The number of allylic oxidation sites excluding steroid dienone is 2. The highest BCUT2D eigenvalue weighted by molar-refractivity contribution is 6.50. The Morgan fingerprint density at radius 1 is 1.09 bits per heavy atom.